The van der Waals surface area contributed by atoms with Gasteiger partial charge in [0, 0.05) is 10.6 Å². The molecule has 0 aliphatic carbocycles. The van der Waals surface area contributed by atoms with Crippen molar-refractivity contribution in [1.29, 1.82) is 0 Å². The summed E-state index contributed by atoms with van der Waals surface area (Å²) in [5.41, 5.74) is 0.527. The fraction of sp³-hybridized carbons (Fsp3) is 0.467. The Kier molecular flexibility index (Phi) is 6.68. The van der Waals surface area contributed by atoms with Crippen molar-refractivity contribution < 1.29 is 14.3 Å². The molecule has 0 heterocycles. The van der Waals surface area contributed by atoms with Crippen LogP contribution < -0.4 is 5.32 Å². The van der Waals surface area contributed by atoms with E-state index in [9.17, 15) is 9.59 Å². The van der Waals surface area contributed by atoms with Crippen molar-refractivity contribution in [3.63, 3.8) is 0 Å². The van der Waals surface area contributed by atoms with Gasteiger partial charge >= 0.3 is 5.97 Å². The molecule has 1 unspecified atom stereocenters. The molecule has 110 valence electrons. The molecule has 0 amide bonds. The summed E-state index contributed by atoms with van der Waals surface area (Å²) in [6.07, 6.45) is 0.0185. The van der Waals surface area contributed by atoms with Gasteiger partial charge in [-0.2, -0.15) is 0 Å². The van der Waals surface area contributed by atoms with Gasteiger partial charge in [0.05, 0.1) is 19.6 Å². The van der Waals surface area contributed by atoms with Crippen LogP contribution >= 0.6 is 11.6 Å². The maximum atomic E-state index is 12.4. The number of rotatable bonds is 7. The van der Waals surface area contributed by atoms with Gasteiger partial charge in [0.15, 0.2) is 5.78 Å². The van der Waals surface area contributed by atoms with E-state index >= 15 is 0 Å². The number of carbonyl (C=O) groups is 2. The normalized spacial score (nSPS) is 12.2. The van der Waals surface area contributed by atoms with Crippen LogP contribution in [0.15, 0.2) is 24.3 Å². The summed E-state index contributed by atoms with van der Waals surface area (Å²) >= 11 is 5.80. The maximum absolute atomic E-state index is 12.4. The Balaban J connectivity index is 2.82. The van der Waals surface area contributed by atoms with Crippen LogP contribution in [0.1, 0.15) is 30.6 Å². The largest absolute Gasteiger partial charge is 0.469 e. The van der Waals surface area contributed by atoms with Crippen LogP contribution in [0.25, 0.3) is 0 Å². The van der Waals surface area contributed by atoms with E-state index in [0.29, 0.717) is 23.0 Å². The van der Waals surface area contributed by atoms with Crippen molar-refractivity contribution in [3.8, 4) is 0 Å². The fourth-order valence-electron chi connectivity index (χ4n) is 1.70. The van der Waals surface area contributed by atoms with Crippen LogP contribution in [0.4, 0.5) is 0 Å². The number of halogens is 1. The molecule has 0 aromatic heterocycles. The third-order valence-electron chi connectivity index (χ3n) is 2.82. The van der Waals surface area contributed by atoms with Crippen molar-refractivity contribution in [2.24, 2.45) is 5.92 Å². The number of methoxy groups -OCH3 is 1. The molecule has 5 heteroatoms. The lowest BCUT2D eigenvalue weighted by Crippen LogP contribution is -2.40. The van der Waals surface area contributed by atoms with E-state index in [2.05, 4.69) is 10.1 Å². The van der Waals surface area contributed by atoms with E-state index < -0.39 is 12.0 Å². The first-order valence-electron chi connectivity index (χ1n) is 6.54. The third-order valence-corrected chi connectivity index (χ3v) is 3.07. The summed E-state index contributed by atoms with van der Waals surface area (Å²) in [5, 5.41) is 3.68. The molecule has 0 aliphatic heterocycles. The predicted molar refractivity (Wildman–Crippen MR) is 79.0 cm³/mol. The molecule has 1 atom stereocenters. The predicted octanol–water partition coefficient (Wildman–Crippen LogP) is 2.70. The summed E-state index contributed by atoms with van der Waals surface area (Å²) in [7, 11) is 1.31. The molecule has 0 bridgehead atoms. The quantitative estimate of drug-likeness (QED) is 0.621. The minimum absolute atomic E-state index is 0.0185. The summed E-state index contributed by atoms with van der Waals surface area (Å²) in [6.45, 7) is 4.73. The molecule has 0 fully saturated rings. The van der Waals surface area contributed by atoms with Crippen LogP contribution in [-0.4, -0.2) is 31.4 Å². The van der Waals surface area contributed by atoms with Gasteiger partial charge in [0.2, 0.25) is 0 Å². The average Bonchev–Trinajstić information content (AvgIpc) is 2.43. The highest BCUT2D eigenvalue weighted by atomic mass is 35.5. The van der Waals surface area contributed by atoms with Crippen LogP contribution in [0.3, 0.4) is 0 Å². The number of nitrogens with one attached hydrogen (secondary N) is 1. The van der Waals surface area contributed by atoms with Gasteiger partial charge in [-0.25, -0.2) is 0 Å². The van der Waals surface area contributed by atoms with E-state index in [0.717, 1.165) is 0 Å². The molecule has 4 nitrogen and oxygen atoms in total. The molecule has 0 saturated carbocycles. The van der Waals surface area contributed by atoms with E-state index in [1.807, 2.05) is 13.8 Å². The molecule has 0 spiro atoms. The van der Waals surface area contributed by atoms with Gasteiger partial charge in [-0.3, -0.25) is 9.59 Å². The SMILES string of the molecule is COC(=O)CC(NCC(C)C)C(=O)c1ccc(Cl)cc1. The lowest BCUT2D eigenvalue weighted by Gasteiger charge is -2.18. The topological polar surface area (TPSA) is 55.4 Å². The minimum Gasteiger partial charge on any atom is -0.469 e. The number of hydrogen-bond donors (Lipinski definition) is 1. The zero-order chi connectivity index (χ0) is 15.1. The molecule has 1 aromatic carbocycles. The Bertz CT molecular complexity index is 457. The molecule has 0 radical (unpaired) electrons. The van der Waals surface area contributed by atoms with Crippen LogP contribution in [-0.2, 0) is 9.53 Å². The van der Waals surface area contributed by atoms with Crippen LogP contribution in [0, 0.1) is 5.92 Å². The molecule has 0 aliphatic rings. The summed E-state index contributed by atoms with van der Waals surface area (Å²) in [5.74, 6) is -0.158. The number of carbonyl (C=O) groups excluding carboxylic acids is 2. The van der Waals surface area contributed by atoms with Crippen LogP contribution in [0.2, 0.25) is 5.02 Å². The van der Waals surface area contributed by atoms with Gasteiger partial charge in [-0.05, 0) is 36.7 Å². The van der Waals surface area contributed by atoms with Crippen molar-refractivity contribution in [1.82, 2.24) is 5.32 Å². The first-order chi connectivity index (χ1) is 9.43. The number of ether oxygens (including phenoxy) is 1. The van der Waals surface area contributed by atoms with E-state index in [1.165, 1.54) is 7.11 Å². The van der Waals surface area contributed by atoms with Crippen molar-refractivity contribution in [3.05, 3.63) is 34.9 Å². The molecular weight excluding hydrogens is 278 g/mol. The first-order valence-corrected chi connectivity index (χ1v) is 6.91. The second kappa shape index (κ2) is 8.02. The first kappa shape index (κ1) is 16.7. The standard InChI is InChI=1S/C15H20ClNO3/c1-10(2)9-17-13(8-14(18)20-3)15(19)11-4-6-12(16)7-5-11/h4-7,10,13,17H,8-9H2,1-3H3. The highest BCUT2D eigenvalue weighted by Crippen LogP contribution is 2.13. The smallest absolute Gasteiger partial charge is 0.307 e. The fourth-order valence-corrected chi connectivity index (χ4v) is 1.83. The number of benzene rings is 1. The number of ketones is 1. The van der Waals surface area contributed by atoms with Gasteiger partial charge < -0.3 is 10.1 Å². The molecule has 0 saturated heterocycles. The Morgan fingerprint density at radius 3 is 2.35 bits per heavy atom. The van der Waals surface area contributed by atoms with Gasteiger partial charge in [-0.1, -0.05) is 25.4 Å². The molecule has 1 aromatic rings. The maximum Gasteiger partial charge on any atom is 0.307 e. The Morgan fingerprint density at radius 2 is 1.85 bits per heavy atom. The zero-order valence-electron chi connectivity index (χ0n) is 12.0. The summed E-state index contributed by atoms with van der Waals surface area (Å²) in [6, 6.07) is 6.06. The van der Waals surface area contributed by atoms with Gasteiger partial charge in [0.25, 0.3) is 0 Å². The lowest BCUT2D eigenvalue weighted by molar-refractivity contribution is -0.141. The van der Waals surface area contributed by atoms with Crippen LogP contribution in [0.5, 0.6) is 0 Å². The lowest BCUT2D eigenvalue weighted by atomic mass is 10.0. The Hall–Kier alpha value is -1.39. The zero-order valence-corrected chi connectivity index (χ0v) is 12.7. The average molecular weight is 298 g/mol. The van der Waals surface area contributed by atoms with E-state index in [-0.39, 0.29) is 12.2 Å². The molecular formula is C15H20ClNO3. The number of Topliss-reactive ketones (excluding diaryl/α,β-unsaturated/α-hetero) is 1. The molecule has 1 N–H and O–H groups in total. The van der Waals surface area contributed by atoms with E-state index in [4.69, 9.17) is 11.6 Å². The second-order valence-electron chi connectivity index (χ2n) is 5.01. The molecule has 20 heavy (non-hydrogen) atoms. The monoisotopic (exact) mass is 297 g/mol. The second-order valence-corrected chi connectivity index (χ2v) is 5.44. The van der Waals surface area contributed by atoms with Gasteiger partial charge in [0.1, 0.15) is 0 Å². The Labute approximate surface area is 124 Å². The highest BCUT2D eigenvalue weighted by Gasteiger charge is 2.23. The van der Waals surface area contributed by atoms with Crippen molar-refractivity contribution in [2.45, 2.75) is 26.3 Å². The third kappa shape index (κ3) is 5.31. The Morgan fingerprint density at radius 1 is 1.25 bits per heavy atom. The minimum atomic E-state index is -0.578. The van der Waals surface area contributed by atoms with Crippen molar-refractivity contribution in [2.75, 3.05) is 13.7 Å². The number of hydrogen-bond acceptors (Lipinski definition) is 4. The summed E-state index contributed by atoms with van der Waals surface area (Å²) < 4.78 is 4.64. The van der Waals surface area contributed by atoms with E-state index in [1.54, 1.807) is 24.3 Å². The van der Waals surface area contributed by atoms with Gasteiger partial charge in [-0.15, -0.1) is 0 Å². The number of esters is 1. The van der Waals surface area contributed by atoms with Crippen molar-refractivity contribution >= 4 is 23.4 Å². The highest BCUT2D eigenvalue weighted by molar-refractivity contribution is 6.30. The summed E-state index contributed by atoms with van der Waals surface area (Å²) in [4.78, 5) is 23.8. The molecule has 1 rings (SSSR count).